The Kier molecular flexibility index (Phi) is 5.35. The molecule has 0 radical (unpaired) electrons. The van der Waals surface area contributed by atoms with E-state index in [1.165, 1.54) is 48.1 Å². The van der Waals surface area contributed by atoms with Crippen molar-refractivity contribution >= 4 is 0 Å². The molecule has 0 spiro atoms. The molecule has 1 heterocycles. The van der Waals surface area contributed by atoms with Crippen LogP contribution in [0.15, 0.2) is 72.8 Å². The zero-order valence-electron chi connectivity index (χ0n) is 17.4. The largest absolute Gasteiger partial charge is 0.253 e. The molecule has 1 fully saturated rings. The molecule has 4 rings (SSSR count). The fourth-order valence-corrected chi connectivity index (χ4v) is 4.57. The lowest BCUT2D eigenvalue weighted by atomic mass is 9.69. The molecule has 144 valence electrons. The van der Waals surface area contributed by atoms with E-state index in [4.69, 9.17) is 4.98 Å². The number of benzene rings is 2. The summed E-state index contributed by atoms with van der Waals surface area (Å²) in [5, 5.41) is 0. The summed E-state index contributed by atoms with van der Waals surface area (Å²) in [6, 6.07) is 25.9. The Balaban J connectivity index is 1.69. The van der Waals surface area contributed by atoms with Gasteiger partial charge in [0.1, 0.15) is 0 Å². The van der Waals surface area contributed by atoms with Crippen molar-refractivity contribution in [1.29, 1.82) is 0 Å². The van der Waals surface area contributed by atoms with Gasteiger partial charge in [-0.05, 0) is 60.3 Å². The van der Waals surface area contributed by atoms with Crippen LogP contribution in [0.4, 0.5) is 0 Å². The second-order valence-corrected chi connectivity index (χ2v) is 9.31. The highest BCUT2D eigenvalue weighted by atomic mass is 14.7. The van der Waals surface area contributed by atoms with E-state index in [0.717, 1.165) is 11.6 Å². The van der Waals surface area contributed by atoms with Crippen molar-refractivity contribution in [3.63, 3.8) is 0 Å². The first kappa shape index (κ1) is 18.9. The van der Waals surface area contributed by atoms with E-state index in [0.29, 0.717) is 11.3 Å². The van der Waals surface area contributed by atoms with Gasteiger partial charge in [-0.3, -0.25) is 4.98 Å². The maximum absolute atomic E-state index is 5.14. The first-order chi connectivity index (χ1) is 13.5. The molecule has 28 heavy (non-hydrogen) atoms. The summed E-state index contributed by atoms with van der Waals surface area (Å²) in [6.45, 7) is 7.17. The highest BCUT2D eigenvalue weighted by Gasteiger charge is 2.31. The standard InChI is InChI=1S/C27H31N/c1-27(2,3)24-16-14-22(15-17-24)26-19-23(20-10-6-4-7-11-20)18-25(28-26)21-12-8-5-9-13-21/h4-13,18-19,22,24H,14-17H2,1-3H3. The maximum Gasteiger partial charge on any atom is 0.0711 e. The van der Waals surface area contributed by atoms with Gasteiger partial charge in [0.05, 0.1) is 5.69 Å². The third kappa shape index (κ3) is 4.19. The van der Waals surface area contributed by atoms with E-state index in [-0.39, 0.29) is 0 Å². The zero-order chi connectivity index (χ0) is 19.6. The Bertz CT molecular complexity index is 840. The van der Waals surface area contributed by atoms with Gasteiger partial charge in [-0.1, -0.05) is 81.4 Å². The average molecular weight is 370 g/mol. The van der Waals surface area contributed by atoms with Crippen LogP contribution < -0.4 is 0 Å². The normalized spacial score (nSPS) is 20.1. The Morgan fingerprint density at radius 3 is 1.82 bits per heavy atom. The molecule has 0 aliphatic heterocycles. The van der Waals surface area contributed by atoms with Gasteiger partial charge < -0.3 is 0 Å². The molecule has 3 aromatic rings. The predicted molar refractivity (Wildman–Crippen MR) is 119 cm³/mol. The molecule has 0 amide bonds. The van der Waals surface area contributed by atoms with Crippen molar-refractivity contribution in [3.8, 4) is 22.4 Å². The Hall–Kier alpha value is -2.41. The fraction of sp³-hybridized carbons (Fsp3) is 0.370. The number of nitrogens with zero attached hydrogens (tertiary/aromatic N) is 1. The lowest BCUT2D eigenvalue weighted by Gasteiger charge is -2.37. The van der Waals surface area contributed by atoms with Crippen LogP contribution in [-0.2, 0) is 0 Å². The van der Waals surface area contributed by atoms with E-state index in [1.807, 2.05) is 0 Å². The van der Waals surface area contributed by atoms with Crippen molar-refractivity contribution in [2.24, 2.45) is 11.3 Å². The van der Waals surface area contributed by atoms with Gasteiger partial charge in [0.15, 0.2) is 0 Å². The Morgan fingerprint density at radius 1 is 0.679 bits per heavy atom. The lowest BCUT2D eigenvalue weighted by molar-refractivity contribution is 0.168. The summed E-state index contributed by atoms with van der Waals surface area (Å²) in [5.41, 5.74) is 6.53. The summed E-state index contributed by atoms with van der Waals surface area (Å²) >= 11 is 0. The van der Waals surface area contributed by atoms with E-state index >= 15 is 0 Å². The molecular formula is C27H31N. The van der Waals surface area contributed by atoms with Gasteiger partial charge in [0.25, 0.3) is 0 Å². The molecule has 1 aromatic heterocycles. The van der Waals surface area contributed by atoms with Crippen molar-refractivity contribution < 1.29 is 0 Å². The SMILES string of the molecule is CC(C)(C)C1CCC(c2cc(-c3ccccc3)cc(-c3ccccc3)n2)CC1. The molecule has 1 aliphatic carbocycles. The highest BCUT2D eigenvalue weighted by Crippen LogP contribution is 2.43. The minimum atomic E-state index is 0.416. The van der Waals surface area contributed by atoms with Crippen LogP contribution in [0.1, 0.15) is 58.1 Å². The van der Waals surface area contributed by atoms with Crippen LogP contribution in [0.3, 0.4) is 0 Å². The summed E-state index contributed by atoms with van der Waals surface area (Å²) < 4.78 is 0. The summed E-state index contributed by atoms with van der Waals surface area (Å²) in [5.74, 6) is 1.40. The van der Waals surface area contributed by atoms with E-state index in [1.54, 1.807) is 0 Å². The molecule has 0 bridgehead atoms. The number of hydrogen-bond donors (Lipinski definition) is 0. The third-order valence-corrected chi connectivity index (χ3v) is 6.39. The van der Waals surface area contributed by atoms with Gasteiger partial charge in [-0.25, -0.2) is 0 Å². The average Bonchev–Trinajstić information content (AvgIpc) is 2.74. The van der Waals surface area contributed by atoms with Crippen molar-refractivity contribution in [3.05, 3.63) is 78.5 Å². The molecule has 2 aromatic carbocycles. The molecule has 1 aliphatic rings. The first-order valence-corrected chi connectivity index (χ1v) is 10.6. The summed E-state index contributed by atoms with van der Waals surface area (Å²) in [4.78, 5) is 5.14. The topological polar surface area (TPSA) is 12.9 Å². The second kappa shape index (κ2) is 7.91. The van der Waals surface area contributed by atoms with Gasteiger partial charge in [0.2, 0.25) is 0 Å². The number of aromatic nitrogens is 1. The lowest BCUT2D eigenvalue weighted by Crippen LogP contribution is -2.25. The van der Waals surface area contributed by atoms with Crippen LogP contribution in [0.25, 0.3) is 22.4 Å². The Morgan fingerprint density at radius 2 is 1.25 bits per heavy atom. The molecular weight excluding hydrogens is 338 g/mol. The van der Waals surface area contributed by atoms with Crippen molar-refractivity contribution in [1.82, 2.24) is 4.98 Å². The molecule has 0 N–H and O–H groups in total. The number of rotatable bonds is 3. The molecule has 1 heteroatoms. The minimum Gasteiger partial charge on any atom is -0.253 e. The first-order valence-electron chi connectivity index (χ1n) is 10.6. The smallest absolute Gasteiger partial charge is 0.0711 e. The van der Waals surface area contributed by atoms with Gasteiger partial charge in [-0.2, -0.15) is 0 Å². The van der Waals surface area contributed by atoms with Crippen molar-refractivity contribution in [2.45, 2.75) is 52.4 Å². The zero-order valence-corrected chi connectivity index (χ0v) is 17.4. The van der Waals surface area contributed by atoms with E-state index < -0.39 is 0 Å². The second-order valence-electron chi connectivity index (χ2n) is 9.31. The van der Waals surface area contributed by atoms with E-state index in [2.05, 4.69) is 93.6 Å². The quantitative estimate of drug-likeness (QED) is 0.460. The molecule has 1 nitrogen and oxygen atoms in total. The fourth-order valence-electron chi connectivity index (χ4n) is 4.57. The van der Waals surface area contributed by atoms with Crippen LogP contribution in [0.5, 0.6) is 0 Å². The summed E-state index contributed by atoms with van der Waals surface area (Å²) in [6.07, 6.45) is 5.13. The van der Waals surface area contributed by atoms with Gasteiger partial charge in [-0.15, -0.1) is 0 Å². The van der Waals surface area contributed by atoms with E-state index in [9.17, 15) is 0 Å². The van der Waals surface area contributed by atoms with Crippen molar-refractivity contribution in [2.75, 3.05) is 0 Å². The molecule has 0 unspecified atom stereocenters. The highest BCUT2D eigenvalue weighted by molar-refractivity contribution is 5.71. The molecule has 1 saturated carbocycles. The van der Waals surface area contributed by atoms with Crippen LogP contribution in [-0.4, -0.2) is 4.98 Å². The van der Waals surface area contributed by atoms with Gasteiger partial charge >= 0.3 is 0 Å². The van der Waals surface area contributed by atoms with Crippen LogP contribution in [0, 0.1) is 11.3 Å². The summed E-state index contributed by atoms with van der Waals surface area (Å²) in [7, 11) is 0. The Labute approximate surface area is 169 Å². The monoisotopic (exact) mass is 369 g/mol. The number of hydrogen-bond acceptors (Lipinski definition) is 1. The molecule has 0 atom stereocenters. The van der Waals surface area contributed by atoms with Gasteiger partial charge in [0, 0.05) is 17.2 Å². The third-order valence-electron chi connectivity index (χ3n) is 6.39. The predicted octanol–water partition coefficient (Wildman–Crippen LogP) is 7.74. The molecule has 0 saturated heterocycles. The minimum absolute atomic E-state index is 0.416. The van der Waals surface area contributed by atoms with Crippen LogP contribution >= 0.6 is 0 Å². The number of pyridine rings is 1. The van der Waals surface area contributed by atoms with Crippen LogP contribution in [0.2, 0.25) is 0 Å². The maximum atomic E-state index is 5.14.